The lowest BCUT2D eigenvalue weighted by molar-refractivity contribution is 0.661. The SMILES string of the molecule is CC1(C)c2ccccc2-c2c1cc(-c1ccc3c(c1)c1ccccc1n3-c1ccccc1)c1c3ccccc3n(-c3ccccc3)c21. The van der Waals surface area contributed by atoms with Crippen LogP contribution in [0.4, 0.5) is 0 Å². The second-order valence-electron chi connectivity index (χ2n) is 13.3. The van der Waals surface area contributed by atoms with Crippen LogP contribution < -0.4 is 0 Å². The van der Waals surface area contributed by atoms with E-state index < -0.39 is 0 Å². The first-order chi connectivity index (χ1) is 23.1. The smallest absolute Gasteiger partial charge is 0.0628 e. The van der Waals surface area contributed by atoms with Gasteiger partial charge in [-0.05, 0) is 82.4 Å². The van der Waals surface area contributed by atoms with Crippen molar-refractivity contribution >= 4 is 43.6 Å². The molecule has 47 heavy (non-hydrogen) atoms. The van der Waals surface area contributed by atoms with Crippen molar-refractivity contribution in [1.82, 2.24) is 9.13 Å². The highest BCUT2D eigenvalue weighted by molar-refractivity contribution is 6.22. The van der Waals surface area contributed by atoms with Crippen LogP contribution in [0.15, 0.2) is 158 Å². The number of benzene rings is 7. The third-order valence-corrected chi connectivity index (χ3v) is 10.5. The van der Waals surface area contributed by atoms with E-state index in [1.54, 1.807) is 0 Å². The van der Waals surface area contributed by atoms with Gasteiger partial charge in [0.2, 0.25) is 0 Å². The van der Waals surface area contributed by atoms with Crippen LogP contribution in [-0.4, -0.2) is 9.13 Å². The van der Waals surface area contributed by atoms with E-state index >= 15 is 0 Å². The van der Waals surface area contributed by atoms with Crippen molar-refractivity contribution in [2.24, 2.45) is 0 Å². The van der Waals surface area contributed by atoms with Crippen molar-refractivity contribution in [3.05, 3.63) is 169 Å². The van der Waals surface area contributed by atoms with Crippen molar-refractivity contribution < 1.29 is 0 Å². The van der Waals surface area contributed by atoms with Gasteiger partial charge in [-0.3, -0.25) is 0 Å². The fraction of sp³-hybridized carbons (Fsp3) is 0.0667. The lowest BCUT2D eigenvalue weighted by Crippen LogP contribution is -2.15. The standard InChI is InChI=1S/C45H32N2/c1-45(2)37-22-12-9-20-33(37)43-38(45)28-35(42-34-21-11-14-24-40(34)47(44(42)43)31-17-7-4-8-18-31)29-25-26-41-36(27-29)32-19-10-13-23-39(32)46(41)30-15-5-3-6-16-30/h3-28H,1-2H3. The molecule has 0 saturated heterocycles. The van der Waals surface area contributed by atoms with E-state index in [-0.39, 0.29) is 5.41 Å². The van der Waals surface area contributed by atoms with Crippen LogP contribution >= 0.6 is 0 Å². The summed E-state index contributed by atoms with van der Waals surface area (Å²) in [6, 6.07) is 58.0. The average molecular weight is 601 g/mol. The molecule has 2 nitrogen and oxygen atoms in total. The molecule has 0 fully saturated rings. The Labute approximate surface area is 273 Å². The Morgan fingerprint density at radius 1 is 0.426 bits per heavy atom. The van der Waals surface area contributed by atoms with Crippen LogP contribution in [0.5, 0.6) is 0 Å². The monoisotopic (exact) mass is 600 g/mol. The molecule has 0 saturated carbocycles. The van der Waals surface area contributed by atoms with Crippen LogP contribution in [0.1, 0.15) is 25.0 Å². The summed E-state index contributed by atoms with van der Waals surface area (Å²) in [7, 11) is 0. The van der Waals surface area contributed by atoms with Gasteiger partial charge in [0.1, 0.15) is 0 Å². The van der Waals surface area contributed by atoms with Crippen molar-refractivity contribution in [3.63, 3.8) is 0 Å². The first-order valence-corrected chi connectivity index (χ1v) is 16.5. The van der Waals surface area contributed by atoms with Crippen molar-refractivity contribution in [1.29, 1.82) is 0 Å². The summed E-state index contributed by atoms with van der Waals surface area (Å²) in [6.45, 7) is 4.78. The highest BCUT2D eigenvalue weighted by atomic mass is 15.0. The molecule has 1 aliphatic carbocycles. The van der Waals surface area contributed by atoms with Gasteiger partial charge in [-0.2, -0.15) is 0 Å². The van der Waals surface area contributed by atoms with Crippen LogP contribution in [0.2, 0.25) is 0 Å². The molecule has 222 valence electrons. The summed E-state index contributed by atoms with van der Waals surface area (Å²) in [6.07, 6.45) is 0. The van der Waals surface area contributed by atoms with E-state index in [1.165, 1.54) is 88.4 Å². The Kier molecular flexibility index (Phi) is 5.37. The first kappa shape index (κ1) is 26.4. The molecule has 0 amide bonds. The molecule has 0 unspecified atom stereocenters. The third kappa shape index (κ3) is 3.56. The van der Waals surface area contributed by atoms with Gasteiger partial charge in [-0.15, -0.1) is 0 Å². The van der Waals surface area contributed by atoms with Crippen LogP contribution in [-0.2, 0) is 5.41 Å². The Balaban J connectivity index is 1.37. The molecule has 0 atom stereocenters. The van der Waals surface area contributed by atoms with E-state index in [0.29, 0.717) is 0 Å². The number of fused-ring (bicyclic) bond motifs is 10. The van der Waals surface area contributed by atoms with E-state index in [0.717, 1.165) is 0 Å². The second kappa shape index (κ2) is 9.57. The number of rotatable bonds is 3. The van der Waals surface area contributed by atoms with E-state index in [2.05, 4.69) is 181 Å². The molecule has 0 spiro atoms. The maximum Gasteiger partial charge on any atom is 0.0628 e. The fourth-order valence-electron chi connectivity index (χ4n) is 8.39. The molecular weight excluding hydrogens is 569 g/mol. The van der Waals surface area contributed by atoms with Gasteiger partial charge >= 0.3 is 0 Å². The molecule has 7 aromatic carbocycles. The average Bonchev–Trinajstić information content (AvgIpc) is 3.72. The third-order valence-electron chi connectivity index (χ3n) is 10.5. The number of hydrogen-bond acceptors (Lipinski definition) is 0. The number of hydrogen-bond donors (Lipinski definition) is 0. The quantitative estimate of drug-likeness (QED) is 0.191. The van der Waals surface area contributed by atoms with Crippen LogP contribution in [0.3, 0.4) is 0 Å². The summed E-state index contributed by atoms with van der Waals surface area (Å²) in [5.74, 6) is 0. The van der Waals surface area contributed by atoms with E-state index in [9.17, 15) is 0 Å². The summed E-state index contributed by atoms with van der Waals surface area (Å²) < 4.78 is 4.90. The van der Waals surface area contributed by atoms with Gasteiger partial charge < -0.3 is 9.13 Å². The minimum absolute atomic E-state index is 0.139. The highest BCUT2D eigenvalue weighted by Crippen LogP contribution is 2.55. The number of nitrogens with zero attached hydrogens (tertiary/aromatic N) is 2. The van der Waals surface area contributed by atoms with Crippen molar-refractivity contribution in [2.75, 3.05) is 0 Å². The molecule has 0 radical (unpaired) electrons. The summed E-state index contributed by atoms with van der Waals surface area (Å²) in [5.41, 5.74) is 15.2. The predicted octanol–water partition coefficient (Wildman–Crippen LogP) is 11.9. The minimum atomic E-state index is -0.139. The van der Waals surface area contributed by atoms with Gasteiger partial charge in [0.15, 0.2) is 0 Å². The van der Waals surface area contributed by atoms with Gasteiger partial charge in [-0.25, -0.2) is 0 Å². The van der Waals surface area contributed by atoms with E-state index in [4.69, 9.17) is 0 Å². The zero-order valence-corrected chi connectivity index (χ0v) is 26.4. The van der Waals surface area contributed by atoms with Gasteiger partial charge in [0, 0.05) is 43.9 Å². The maximum absolute atomic E-state index is 2.51. The summed E-state index contributed by atoms with van der Waals surface area (Å²) in [4.78, 5) is 0. The molecule has 0 bridgehead atoms. The molecule has 0 aliphatic heterocycles. The molecular formula is C45H32N2. The number of aromatic nitrogens is 2. The molecule has 2 heteroatoms. The largest absolute Gasteiger partial charge is 0.309 e. The summed E-state index contributed by atoms with van der Waals surface area (Å²) in [5, 5.41) is 5.12. The highest BCUT2D eigenvalue weighted by Gasteiger charge is 2.38. The number of para-hydroxylation sites is 4. The Hall–Kier alpha value is -5.86. The topological polar surface area (TPSA) is 9.86 Å². The summed E-state index contributed by atoms with van der Waals surface area (Å²) >= 11 is 0. The maximum atomic E-state index is 2.51. The molecule has 9 aromatic rings. The van der Waals surface area contributed by atoms with Crippen LogP contribution in [0, 0.1) is 0 Å². The first-order valence-electron chi connectivity index (χ1n) is 16.5. The Morgan fingerprint density at radius 2 is 1.00 bits per heavy atom. The molecule has 1 aliphatic rings. The van der Waals surface area contributed by atoms with Gasteiger partial charge in [0.25, 0.3) is 0 Å². The van der Waals surface area contributed by atoms with Crippen molar-refractivity contribution in [2.45, 2.75) is 19.3 Å². The Morgan fingerprint density at radius 3 is 1.74 bits per heavy atom. The van der Waals surface area contributed by atoms with Crippen molar-refractivity contribution in [3.8, 4) is 33.6 Å². The zero-order chi connectivity index (χ0) is 31.3. The second-order valence-corrected chi connectivity index (χ2v) is 13.3. The lowest BCUT2D eigenvalue weighted by Gasteiger charge is -2.23. The zero-order valence-electron chi connectivity index (χ0n) is 26.4. The normalized spacial score (nSPS) is 13.5. The van der Waals surface area contributed by atoms with Gasteiger partial charge in [0.05, 0.1) is 22.1 Å². The molecule has 0 N–H and O–H groups in total. The minimum Gasteiger partial charge on any atom is -0.309 e. The fourth-order valence-corrected chi connectivity index (χ4v) is 8.39. The predicted molar refractivity (Wildman–Crippen MR) is 198 cm³/mol. The molecule has 2 heterocycles. The van der Waals surface area contributed by atoms with Crippen LogP contribution in [0.25, 0.3) is 77.2 Å². The molecule has 10 rings (SSSR count). The molecule has 2 aromatic heterocycles. The van der Waals surface area contributed by atoms with E-state index in [1.807, 2.05) is 0 Å². The lowest BCUT2D eigenvalue weighted by atomic mass is 9.81. The Bertz CT molecular complexity index is 2690. The van der Waals surface area contributed by atoms with Gasteiger partial charge in [-0.1, -0.05) is 117 Å².